The summed E-state index contributed by atoms with van der Waals surface area (Å²) in [7, 11) is 0.621. The van der Waals surface area contributed by atoms with Crippen LogP contribution in [0.3, 0.4) is 0 Å². The van der Waals surface area contributed by atoms with Crippen molar-refractivity contribution < 1.29 is 13.4 Å². The molecular weight excluding hydrogens is 288 g/mol. The molecule has 0 aliphatic heterocycles. The maximum atomic E-state index is 12.2. The molecule has 5 nitrogen and oxygen atoms in total. The van der Waals surface area contributed by atoms with Gasteiger partial charge in [-0.3, -0.25) is 4.21 Å². The SMILES string of the molecule is C[C@H](c1ccco1)N(C)C(=O)Nc1cccc([S@@](C)=O)c1. The Morgan fingerprint density at radius 1 is 1.33 bits per heavy atom. The molecule has 1 N–H and O–H groups in total. The number of carbonyl (C=O) groups is 1. The number of nitrogens with one attached hydrogen (secondary N) is 1. The predicted octanol–water partition coefficient (Wildman–Crippen LogP) is 3.24. The Hall–Kier alpha value is -2.08. The number of nitrogens with zero attached hydrogens (tertiary/aromatic N) is 1. The van der Waals surface area contributed by atoms with Gasteiger partial charge in [-0.05, 0) is 37.3 Å². The average Bonchev–Trinajstić information content (AvgIpc) is 3.00. The molecule has 0 saturated heterocycles. The summed E-state index contributed by atoms with van der Waals surface area (Å²) in [5.74, 6) is 0.719. The summed E-state index contributed by atoms with van der Waals surface area (Å²) in [6.07, 6.45) is 3.18. The molecule has 1 aromatic carbocycles. The molecular formula is C15H18N2O3S. The van der Waals surface area contributed by atoms with Crippen molar-refractivity contribution in [3.8, 4) is 0 Å². The van der Waals surface area contributed by atoms with Gasteiger partial charge in [-0.15, -0.1) is 0 Å². The Morgan fingerprint density at radius 3 is 2.71 bits per heavy atom. The van der Waals surface area contributed by atoms with Crippen molar-refractivity contribution in [1.29, 1.82) is 0 Å². The minimum atomic E-state index is -1.08. The highest BCUT2D eigenvalue weighted by Gasteiger charge is 2.19. The van der Waals surface area contributed by atoms with Crippen molar-refractivity contribution in [3.05, 3.63) is 48.4 Å². The van der Waals surface area contributed by atoms with Gasteiger partial charge < -0.3 is 14.6 Å². The van der Waals surface area contributed by atoms with Crippen LogP contribution >= 0.6 is 0 Å². The lowest BCUT2D eigenvalue weighted by Crippen LogP contribution is -2.33. The van der Waals surface area contributed by atoms with Crippen LogP contribution in [0.2, 0.25) is 0 Å². The smallest absolute Gasteiger partial charge is 0.322 e. The van der Waals surface area contributed by atoms with Crippen molar-refractivity contribution in [2.24, 2.45) is 0 Å². The number of hydrogen-bond donors (Lipinski definition) is 1. The maximum absolute atomic E-state index is 12.2. The lowest BCUT2D eigenvalue weighted by Gasteiger charge is -2.23. The van der Waals surface area contributed by atoms with Crippen LogP contribution in [0.25, 0.3) is 0 Å². The summed E-state index contributed by atoms with van der Waals surface area (Å²) in [6, 6.07) is 10.2. The van der Waals surface area contributed by atoms with Crippen molar-refractivity contribution in [3.63, 3.8) is 0 Å². The maximum Gasteiger partial charge on any atom is 0.322 e. The zero-order valence-electron chi connectivity index (χ0n) is 12.2. The van der Waals surface area contributed by atoms with E-state index >= 15 is 0 Å². The summed E-state index contributed by atoms with van der Waals surface area (Å²) in [5, 5.41) is 2.79. The van der Waals surface area contributed by atoms with Gasteiger partial charge in [-0.2, -0.15) is 0 Å². The van der Waals surface area contributed by atoms with Crippen LogP contribution in [-0.4, -0.2) is 28.4 Å². The first kappa shape index (κ1) is 15.3. The molecule has 0 unspecified atom stereocenters. The zero-order chi connectivity index (χ0) is 15.4. The van der Waals surface area contributed by atoms with E-state index in [2.05, 4.69) is 5.32 Å². The number of urea groups is 1. The summed E-state index contributed by atoms with van der Waals surface area (Å²) < 4.78 is 16.8. The van der Waals surface area contributed by atoms with Crippen LogP contribution < -0.4 is 5.32 Å². The van der Waals surface area contributed by atoms with E-state index < -0.39 is 10.8 Å². The standard InChI is InChI=1S/C15H18N2O3S/c1-11(14-8-5-9-20-14)17(2)15(18)16-12-6-4-7-13(10-12)21(3)19/h4-11H,1-3H3,(H,16,18)/t11-,21-/m1/s1. The largest absolute Gasteiger partial charge is 0.467 e. The fourth-order valence-corrected chi connectivity index (χ4v) is 2.42. The molecule has 2 aromatic rings. The van der Waals surface area contributed by atoms with Crippen LogP contribution in [0, 0.1) is 0 Å². The Bertz CT molecular complexity index is 640. The van der Waals surface area contributed by atoms with Gasteiger partial charge in [0.2, 0.25) is 0 Å². The number of amides is 2. The monoisotopic (exact) mass is 306 g/mol. The molecule has 112 valence electrons. The number of benzene rings is 1. The molecule has 2 atom stereocenters. The zero-order valence-corrected chi connectivity index (χ0v) is 13.0. The van der Waals surface area contributed by atoms with E-state index in [0.29, 0.717) is 10.6 Å². The van der Waals surface area contributed by atoms with E-state index in [1.807, 2.05) is 13.0 Å². The summed E-state index contributed by atoms with van der Waals surface area (Å²) >= 11 is 0. The third-order valence-electron chi connectivity index (χ3n) is 3.27. The molecule has 21 heavy (non-hydrogen) atoms. The molecule has 0 bridgehead atoms. The molecule has 2 rings (SSSR count). The molecule has 0 saturated carbocycles. The summed E-state index contributed by atoms with van der Waals surface area (Å²) in [6.45, 7) is 1.88. The van der Waals surface area contributed by atoms with E-state index in [1.165, 1.54) is 0 Å². The first-order valence-electron chi connectivity index (χ1n) is 6.49. The lowest BCUT2D eigenvalue weighted by molar-refractivity contribution is 0.201. The van der Waals surface area contributed by atoms with Gasteiger partial charge in [0.25, 0.3) is 0 Å². The van der Waals surface area contributed by atoms with E-state index in [9.17, 15) is 9.00 Å². The van der Waals surface area contributed by atoms with Crippen LogP contribution in [-0.2, 0) is 10.8 Å². The highest BCUT2D eigenvalue weighted by molar-refractivity contribution is 7.84. The number of carbonyl (C=O) groups excluding carboxylic acids is 1. The minimum absolute atomic E-state index is 0.177. The first-order valence-corrected chi connectivity index (χ1v) is 8.05. The molecule has 0 aliphatic carbocycles. The van der Waals surface area contributed by atoms with Gasteiger partial charge >= 0.3 is 6.03 Å². The minimum Gasteiger partial charge on any atom is -0.467 e. The second-order valence-electron chi connectivity index (χ2n) is 4.71. The predicted molar refractivity (Wildman–Crippen MR) is 82.7 cm³/mol. The number of anilines is 1. The molecule has 6 heteroatoms. The van der Waals surface area contributed by atoms with Crippen molar-refractivity contribution >= 4 is 22.5 Å². The van der Waals surface area contributed by atoms with E-state index in [4.69, 9.17) is 4.42 Å². The van der Waals surface area contributed by atoms with Gasteiger partial charge in [0.05, 0.1) is 12.3 Å². The van der Waals surface area contributed by atoms with Crippen LogP contribution in [0.4, 0.5) is 10.5 Å². The third kappa shape index (κ3) is 3.72. The van der Waals surface area contributed by atoms with Gasteiger partial charge in [-0.1, -0.05) is 6.07 Å². The van der Waals surface area contributed by atoms with Crippen LogP contribution in [0.1, 0.15) is 18.7 Å². The normalized spacial score (nSPS) is 13.5. The number of hydrogen-bond acceptors (Lipinski definition) is 3. The molecule has 1 heterocycles. The van der Waals surface area contributed by atoms with Gasteiger partial charge in [0.15, 0.2) is 0 Å². The lowest BCUT2D eigenvalue weighted by atomic mass is 10.2. The molecule has 1 aromatic heterocycles. The second-order valence-corrected chi connectivity index (χ2v) is 6.09. The van der Waals surface area contributed by atoms with Gasteiger partial charge in [0.1, 0.15) is 5.76 Å². The fraction of sp³-hybridized carbons (Fsp3) is 0.267. The summed E-state index contributed by atoms with van der Waals surface area (Å²) in [4.78, 5) is 14.5. The summed E-state index contributed by atoms with van der Waals surface area (Å²) in [5.41, 5.74) is 0.617. The van der Waals surface area contributed by atoms with Crippen molar-refractivity contribution in [2.45, 2.75) is 17.9 Å². The van der Waals surface area contributed by atoms with Crippen molar-refractivity contribution in [2.75, 3.05) is 18.6 Å². The van der Waals surface area contributed by atoms with Crippen LogP contribution in [0.5, 0.6) is 0 Å². The van der Waals surface area contributed by atoms with Crippen molar-refractivity contribution in [1.82, 2.24) is 4.90 Å². The van der Waals surface area contributed by atoms with E-state index in [-0.39, 0.29) is 12.1 Å². The highest BCUT2D eigenvalue weighted by atomic mass is 32.2. The highest BCUT2D eigenvalue weighted by Crippen LogP contribution is 2.20. The Labute approximate surface area is 126 Å². The average molecular weight is 306 g/mol. The molecule has 2 amide bonds. The molecule has 0 spiro atoms. The molecule has 0 fully saturated rings. The van der Waals surface area contributed by atoms with Gasteiger partial charge in [0, 0.05) is 34.7 Å². The van der Waals surface area contributed by atoms with E-state index in [1.54, 1.807) is 54.8 Å². The van der Waals surface area contributed by atoms with E-state index in [0.717, 1.165) is 5.76 Å². The second kappa shape index (κ2) is 6.58. The Balaban J connectivity index is 2.07. The quantitative estimate of drug-likeness (QED) is 0.943. The Morgan fingerprint density at radius 2 is 2.10 bits per heavy atom. The van der Waals surface area contributed by atoms with Gasteiger partial charge in [-0.25, -0.2) is 4.79 Å². The number of furan rings is 1. The molecule has 0 aliphatic rings. The first-order chi connectivity index (χ1) is 9.99. The Kier molecular flexibility index (Phi) is 4.80. The molecule has 0 radical (unpaired) electrons. The third-order valence-corrected chi connectivity index (χ3v) is 4.19. The van der Waals surface area contributed by atoms with Crippen LogP contribution in [0.15, 0.2) is 52.0 Å². The topological polar surface area (TPSA) is 62.6 Å². The fourth-order valence-electron chi connectivity index (χ4n) is 1.86. The number of rotatable bonds is 4.